The highest BCUT2D eigenvalue weighted by atomic mass is 32.2. The van der Waals surface area contributed by atoms with Crippen molar-refractivity contribution in [3.63, 3.8) is 0 Å². The number of nitrogens with one attached hydrogen (secondary N) is 2. The van der Waals surface area contributed by atoms with E-state index in [9.17, 15) is 13.2 Å². The second kappa shape index (κ2) is 10.3. The third-order valence-electron chi connectivity index (χ3n) is 6.39. The molecule has 0 aliphatic heterocycles. The Morgan fingerprint density at radius 1 is 0.769 bits per heavy atom. The van der Waals surface area contributed by atoms with E-state index in [2.05, 4.69) is 33.0 Å². The smallest absolute Gasteiger partial charge is 0.263 e. The monoisotopic (exact) mass is 537 g/mol. The predicted molar refractivity (Wildman–Crippen MR) is 153 cm³/mol. The highest BCUT2D eigenvalue weighted by molar-refractivity contribution is 7.92. The van der Waals surface area contributed by atoms with Gasteiger partial charge in [-0.1, -0.05) is 30.3 Å². The highest BCUT2D eigenvalue weighted by Crippen LogP contribution is 2.27. The van der Waals surface area contributed by atoms with Crippen LogP contribution < -0.4 is 10.0 Å². The molecule has 0 saturated carbocycles. The largest absolute Gasteiger partial charge is 0.322 e. The zero-order valence-electron chi connectivity index (χ0n) is 22.0. The molecule has 3 aromatic carbocycles. The molecule has 1 amide bonds. The summed E-state index contributed by atoms with van der Waals surface area (Å²) in [6.07, 6.45) is 0. The maximum Gasteiger partial charge on any atom is 0.263 e. The molecule has 2 heterocycles. The molecule has 0 spiro atoms. The van der Waals surface area contributed by atoms with Gasteiger partial charge >= 0.3 is 0 Å². The molecule has 196 valence electrons. The van der Waals surface area contributed by atoms with Crippen molar-refractivity contribution in [2.45, 2.75) is 32.6 Å². The normalized spacial score (nSPS) is 11.4. The van der Waals surface area contributed by atoms with Crippen LogP contribution in [0.2, 0.25) is 0 Å². The Bertz CT molecular complexity index is 1810. The molecule has 0 fully saturated rings. The first-order valence-corrected chi connectivity index (χ1v) is 13.8. The van der Waals surface area contributed by atoms with Gasteiger partial charge in [-0.15, -0.1) is 0 Å². The SMILES string of the molecule is Cc1cc(NS(=O)(=O)c2ccc(NC(=O)c3cc(-c4ccc(C)c(C)c4)nc4ccccc34)cc2)nc(C)n1. The van der Waals surface area contributed by atoms with E-state index in [1.54, 1.807) is 38.1 Å². The Labute approximate surface area is 227 Å². The lowest BCUT2D eigenvalue weighted by Crippen LogP contribution is -2.15. The Morgan fingerprint density at radius 2 is 1.51 bits per heavy atom. The Balaban J connectivity index is 1.42. The topological polar surface area (TPSA) is 114 Å². The van der Waals surface area contributed by atoms with Gasteiger partial charge in [-0.05, 0) is 81.3 Å². The molecular formula is C30H27N5O3S. The van der Waals surface area contributed by atoms with Gasteiger partial charge in [0.2, 0.25) is 0 Å². The summed E-state index contributed by atoms with van der Waals surface area (Å²) in [7, 11) is -3.88. The van der Waals surface area contributed by atoms with Crippen molar-refractivity contribution in [1.82, 2.24) is 15.0 Å². The Kier molecular flexibility index (Phi) is 6.84. The molecule has 0 bridgehead atoms. The molecule has 5 aromatic rings. The van der Waals surface area contributed by atoms with Crippen molar-refractivity contribution in [3.8, 4) is 11.3 Å². The number of carbonyl (C=O) groups excluding carboxylic acids is 1. The molecule has 0 radical (unpaired) electrons. The zero-order chi connectivity index (χ0) is 27.7. The van der Waals surface area contributed by atoms with Crippen LogP contribution in [0.15, 0.2) is 83.8 Å². The van der Waals surface area contributed by atoms with Crippen molar-refractivity contribution in [3.05, 3.63) is 107 Å². The standard InChI is InChI=1S/C30H27N5O3S/c1-18-9-10-22(15-19(18)2)28-17-26(25-7-5-6-8-27(25)34-28)30(36)33-23-11-13-24(14-12-23)39(37,38)35-29-16-20(3)31-21(4)32-29/h5-17H,1-4H3,(H,33,36)(H,31,32,35). The summed E-state index contributed by atoms with van der Waals surface area (Å²) in [4.78, 5) is 26.6. The van der Waals surface area contributed by atoms with E-state index >= 15 is 0 Å². The number of sulfonamides is 1. The van der Waals surface area contributed by atoms with Crippen LogP contribution in [0.1, 0.15) is 33.0 Å². The number of nitrogens with zero attached hydrogens (tertiary/aromatic N) is 3. The van der Waals surface area contributed by atoms with E-state index in [1.165, 1.54) is 17.7 Å². The number of aromatic nitrogens is 3. The summed E-state index contributed by atoms with van der Waals surface area (Å²) in [6, 6.07) is 22.9. The van der Waals surface area contributed by atoms with E-state index in [-0.39, 0.29) is 16.6 Å². The molecule has 0 unspecified atom stereocenters. The van der Waals surface area contributed by atoms with Crippen molar-refractivity contribution >= 4 is 38.3 Å². The highest BCUT2D eigenvalue weighted by Gasteiger charge is 2.18. The lowest BCUT2D eigenvalue weighted by atomic mass is 10.0. The van der Waals surface area contributed by atoms with Crippen LogP contribution in [0.4, 0.5) is 11.5 Å². The van der Waals surface area contributed by atoms with E-state index in [0.29, 0.717) is 34.0 Å². The zero-order valence-corrected chi connectivity index (χ0v) is 22.8. The molecule has 8 nitrogen and oxygen atoms in total. The number of carbonyl (C=O) groups is 1. The molecule has 0 atom stereocenters. The number of para-hydroxylation sites is 1. The maximum atomic E-state index is 13.4. The van der Waals surface area contributed by atoms with Gasteiger partial charge in [-0.2, -0.15) is 0 Å². The van der Waals surface area contributed by atoms with E-state index in [4.69, 9.17) is 4.98 Å². The first kappa shape index (κ1) is 26.0. The Hall–Kier alpha value is -4.63. The number of aryl methyl sites for hydroxylation is 4. The van der Waals surface area contributed by atoms with E-state index < -0.39 is 10.0 Å². The minimum absolute atomic E-state index is 0.0424. The van der Waals surface area contributed by atoms with Crippen molar-refractivity contribution in [2.75, 3.05) is 10.0 Å². The van der Waals surface area contributed by atoms with Crippen LogP contribution in [0, 0.1) is 27.7 Å². The number of rotatable bonds is 6. The first-order valence-electron chi connectivity index (χ1n) is 12.3. The fourth-order valence-corrected chi connectivity index (χ4v) is 5.29. The number of fused-ring (bicyclic) bond motifs is 1. The summed E-state index contributed by atoms with van der Waals surface area (Å²) in [5.41, 5.74) is 6.24. The van der Waals surface area contributed by atoms with Gasteiger partial charge in [0.25, 0.3) is 15.9 Å². The molecule has 5 rings (SSSR count). The fraction of sp³-hybridized carbons (Fsp3) is 0.133. The summed E-state index contributed by atoms with van der Waals surface area (Å²) < 4.78 is 28.2. The van der Waals surface area contributed by atoms with Crippen LogP contribution in [-0.2, 0) is 10.0 Å². The summed E-state index contributed by atoms with van der Waals surface area (Å²) in [5, 5.41) is 3.61. The third kappa shape index (κ3) is 5.63. The van der Waals surface area contributed by atoms with Gasteiger partial charge in [-0.25, -0.2) is 23.4 Å². The second-order valence-corrected chi connectivity index (χ2v) is 11.1. The minimum Gasteiger partial charge on any atom is -0.322 e. The van der Waals surface area contributed by atoms with E-state index in [1.807, 2.05) is 43.3 Å². The summed E-state index contributed by atoms with van der Waals surface area (Å²) in [6.45, 7) is 7.55. The van der Waals surface area contributed by atoms with Crippen LogP contribution in [0.3, 0.4) is 0 Å². The van der Waals surface area contributed by atoms with Crippen molar-refractivity contribution in [2.24, 2.45) is 0 Å². The van der Waals surface area contributed by atoms with E-state index in [0.717, 1.165) is 16.5 Å². The van der Waals surface area contributed by atoms with Gasteiger partial charge in [0.1, 0.15) is 11.6 Å². The molecule has 9 heteroatoms. The number of pyridine rings is 1. The van der Waals surface area contributed by atoms with Gasteiger partial charge in [0.15, 0.2) is 0 Å². The molecule has 2 N–H and O–H groups in total. The van der Waals surface area contributed by atoms with Crippen LogP contribution in [0.25, 0.3) is 22.2 Å². The molecule has 2 aromatic heterocycles. The minimum atomic E-state index is -3.88. The van der Waals surface area contributed by atoms with Crippen molar-refractivity contribution in [1.29, 1.82) is 0 Å². The van der Waals surface area contributed by atoms with Gasteiger partial charge in [0.05, 0.1) is 21.7 Å². The number of anilines is 2. The number of amides is 1. The fourth-order valence-electron chi connectivity index (χ4n) is 4.29. The summed E-state index contributed by atoms with van der Waals surface area (Å²) in [5.74, 6) is 0.343. The molecule has 0 saturated heterocycles. The summed E-state index contributed by atoms with van der Waals surface area (Å²) >= 11 is 0. The average Bonchev–Trinajstić information content (AvgIpc) is 2.89. The lowest BCUT2D eigenvalue weighted by Gasteiger charge is -2.12. The van der Waals surface area contributed by atoms with Gasteiger partial charge < -0.3 is 5.32 Å². The molecule has 39 heavy (non-hydrogen) atoms. The number of hydrogen-bond donors (Lipinski definition) is 2. The molecule has 0 aliphatic rings. The number of hydrogen-bond acceptors (Lipinski definition) is 6. The second-order valence-electron chi connectivity index (χ2n) is 9.40. The quantitative estimate of drug-likeness (QED) is 0.275. The first-order chi connectivity index (χ1) is 18.6. The lowest BCUT2D eigenvalue weighted by molar-refractivity contribution is 0.102. The Morgan fingerprint density at radius 3 is 2.23 bits per heavy atom. The van der Waals surface area contributed by atoms with Crippen LogP contribution >= 0.6 is 0 Å². The number of benzene rings is 3. The average molecular weight is 538 g/mol. The van der Waals surface area contributed by atoms with Gasteiger partial charge in [-0.3, -0.25) is 9.52 Å². The van der Waals surface area contributed by atoms with Gasteiger partial charge in [0, 0.05) is 28.4 Å². The predicted octanol–water partition coefficient (Wildman–Crippen LogP) is 5.98. The molecule has 0 aliphatic carbocycles. The third-order valence-corrected chi connectivity index (χ3v) is 7.76. The van der Waals surface area contributed by atoms with Crippen LogP contribution in [-0.4, -0.2) is 29.3 Å². The van der Waals surface area contributed by atoms with Crippen LogP contribution in [0.5, 0.6) is 0 Å². The van der Waals surface area contributed by atoms with Crippen molar-refractivity contribution < 1.29 is 13.2 Å². The maximum absolute atomic E-state index is 13.4. The molecular weight excluding hydrogens is 510 g/mol.